The number of nitro benzene ring substituents is 1. The van der Waals surface area contributed by atoms with E-state index in [4.69, 9.17) is 37.4 Å². The van der Waals surface area contributed by atoms with Crippen molar-refractivity contribution in [2.45, 2.75) is 25.7 Å². The van der Waals surface area contributed by atoms with Gasteiger partial charge in [-0.15, -0.1) is 0 Å². The maximum Gasteiger partial charge on any atom is 0.425 e. The number of halogens is 3. The molecule has 14 heteroatoms. The number of amides is 1. The lowest BCUT2D eigenvalue weighted by Gasteiger charge is -2.49. The SMILES string of the molecule is O=C1Oc2c(cc3c4c2CCCN4CCC3)[P@@](=Nc2ccc([N+](=O)[O-])cc2Br)(N2CCOCC2)N1c1ccc(Cl)c(Cl)c1. The Morgan fingerprint density at radius 3 is 2.47 bits per heavy atom. The van der Waals surface area contributed by atoms with Crippen LogP contribution in [0.4, 0.5) is 27.5 Å². The van der Waals surface area contributed by atoms with Crippen LogP contribution in [-0.4, -0.2) is 55.1 Å². The molecule has 43 heavy (non-hydrogen) atoms. The standard InChI is InChI=1S/C29H27BrCl2N5O5P/c30-22-16-20(37(39)40)6-8-25(22)33-43(35-11-13-41-14-12-35)26-15-18-3-1-9-34-10-2-4-21(27(18)34)28(26)42-29(38)36(43)19-5-7-23(31)24(32)17-19/h5-8,15-17H,1-4,9-14H2/t43-/m1/s1. The minimum absolute atomic E-state index is 0.0621. The molecule has 0 unspecified atom stereocenters. The predicted octanol–water partition coefficient (Wildman–Crippen LogP) is 7.70. The molecular formula is C29H27BrCl2N5O5P. The molecule has 1 saturated heterocycles. The highest BCUT2D eigenvalue weighted by Gasteiger charge is 2.50. The zero-order chi connectivity index (χ0) is 29.9. The number of rotatable bonds is 4. The Labute approximate surface area is 266 Å². The number of carbonyl (C=O) groups is 1. The Hall–Kier alpha value is -2.66. The third kappa shape index (κ3) is 4.85. The van der Waals surface area contributed by atoms with E-state index in [0.29, 0.717) is 57.9 Å². The molecular weight excluding hydrogens is 680 g/mol. The summed E-state index contributed by atoms with van der Waals surface area (Å²) >= 11 is 16.4. The molecule has 224 valence electrons. The smallest absolute Gasteiger partial charge is 0.408 e. The first kappa shape index (κ1) is 29.1. The van der Waals surface area contributed by atoms with E-state index in [1.54, 1.807) is 28.9 Å². The molecule has 3 aromatic carbocycles. The Kier molecular flexibility index (Phi) is 7.68. The zero-order valence-electron chi connectivity index (χ0n) is 23.0. The molecule has 1 fully saturated rings. The van der Waals surface area contributed by atoms with Gasteiger partial charge in [0.05, 0.1) is 49.3 Å². The van der Waals surface area contributed by atoms with Crippen LogP contribution in [0.3, 0.4) is 0 Å². The summed E-state index contributed by atoms with van der Waals surface area (Å²) in [6, 6.07) is 11.8. The van der Waals surface area contributed by atoms with Gasteiger partial charge in [0, 0.05) is 49.6 Å². The fourth-order valence-corrected chi connectivity index (χ4v) is 11.2. The van der Waals surface area contributed by atoms with E-state index in [2.05, 4.69) is 31.6 Å². The average molecular weight is 707 g/mol. The number of carbonyl (C=O) groups excluding carboxylic acids is 1. The maximum absolute atomic E-state index is 14.4. The minimum Gasteiger partial charge on any atom is -0.408 e. The third-order valence-electron chi connectivity index (χ3n) is 8.34. The van der Waals surface area contributed by atoms with Crippen LogP contribution in [0.25, 0.3) is 0 Å². The Morgan fingerprint density at radius 1 is 0.977 bits per heavy atom. The van der Waals surface area contributed by atoms with Gasteiger partial charge < -0.3 is 14.4 Å². The summed E-state index contributed by atoms with van der Waals surface area (Å²) in [5.41, 5.74) is 4.39. The summed E-state index contributed by atoms with van der Waals surface area (Å²) in [6.45, 7) is 3.92. The number of anilines is 2. The van der Waals surface area contributed by atoms with Gasteiger partial charge in [-0.2, -0.15) is 0 Å². The van der Waals surface area contributed by atoms with Crippen molar-refractivity contribution in [3.8, 4) is 5.75 Å². The van der Waals surface area contributed by atoms with Crippen LogP contribution in [0, 0.1) is 10.1 Å². The summed E-state index contributed by atoms with van der Waals surface area (Å²) in [6.07, 6.45) is 3.15. The number of aryl methyl sites for hydroxylation is 1. The number of nitro groups is 1. The summed E-state index contributed by atoms with van der Waals surface area (Å²) in [5.74, 6) is 0.577. The van der Waals surface area contributed by atoms with Gasteiger partial charge in [-0.3, -0.25) is 10.1 Å². The number of nitrogens with zero attached hydrogens (tertiary/aromatic N) is 5. The molecule has 4 aliphatic heterocycles. The first-order valence-electron chi connectivity index (χ1n) is 14.1. The van der Waals surface area contributed by atoms with Crippen LogP contribution >= 0.6 is 46.5 Å². The van der Waals surface area contributed by atoms with E-state index in [9.17, 15) is 14.9 Å². The van der Waals surface area contributed by atoms with Gasteiger partial charge in [0.1, 0.15) is 5.75 Å². The van der Waals surface area contributed by atoms with Crippen molar-refractivity contribution in [2.75, 3.05) is 49.0 Å². The quantitative estimate of drug-likeness (QED) is 0.156. The number of hydrogen-bond acceptors (Lipinski definition) is 7. The van der Waals surface area contributed by atoms with Gasteiger partial charge in [0.15, 0.2) is 7.36 Å². The highest BCUT2D eigenvalue weighted by Crippen LogP contribution is 2.65. The second kappa shape index (κ2) is 11.4. The Bertz CT molecular complexity index is 1730. The third-order valence-corrected chi connectivity index (χ3v) is 13.3. The topological polar surface area (TPSA) is 101 Å². The van der Waals surface area contributed by atoms with E-state index in [1.807, 2.05) is 0 Å². The van der Waals surface area contributed by atoms with Crippen molar-refractivity contribution in [3.05, 3.63) is 78.2 Å². The van der Waals surface area contributed by atoms with Crippen molar-refractivity contribution in [2.24, 2.45) is 4.74 Å². The van der Waals surface area contributed by atoms with Crippen molar-refractivity contribution in [1.82, 2.24) is 4.67 Å². The molecule has 1 atom stereocenters. The predicted molar refractivity (Wildman–Crippen MR) is 172 cm³/mol. The Morgan fingerprint density at radius 2 is 1.74 bits per heavy atom. The highest BCUT2D eigenvalue weighted by molar-refractivity contribution is 9.10. The second-order valence-corrected chi connectivity index (χ2v) is 15.3. The first-order valence-corrected chi connectivity index (χ1v) is 17.3. The fourth-order valence-electron chi connectivity index (χ4n) is 6.50. The number of ether oxygens (including phenoxy) is 2. The zero-order valence-corrected chi connectivity index (χ0v) is 27.0. The lowest BCUT2D eigenvalue weighted by molar-refractivity contribution is -0.384. The maximum atomic E-state index is 14.4. The molecule has 0 N–H and O–H groups in total. The average Bonchev–Trinajstić information content (AvgIpc) is 3.01. The Balaban J connectivity index is 1.59. The van der Waals surface area contributed by atoms with E-state index in [1.165, 1.54) is 23.4 Å². The molecule has 4 heterocycles. The van der Waals surface area contributed by atoms with Crippen molar-refractivity contribution < 1.29 is 19.2 Å². The van der Waals surface area contributed by atoms with E-state index in [0.717, 1.165) is 49.6 Å². The van der Waals surface area contributed by atoms with Crippen LogP contribution in [0.5, 0.6) is 5.75 Å². The molecule has 7 rings (SSSR count). The molecule has 1 amide bonds. The molecule has 0 aliphatic carbocycles. The van der Waals surface area contributed by atoms with E-state index in [-0.39, 0.29) is 5.69 Å². The van der Waals surface area contributed by atoms with Crippen LogP contribution in [-0.2, 0) is 17.6 Å². The molecule has 0 aromatic heterocycles. The minimum atomic E-state index is -3.23. The lowest BCUT2D eigenvalue weighted by Crippen LogP contribution is -2.50. The summed E-state index contributed by atoms with van der Waals surface area (Å²) in [4.78, 5) is 27.9. The summed E-state index contributed by atoms with van der Waals surface area (Å²) in [5, 5.41) is 13.1. The first-order chi connectivity index (χ1) is 20.8. The van der Waals surface area contributed by atoms with Gasteiger partial charge >= 0.3 is 6.09 Å². The number of fused-ring (bicyclic) bond motifs is 2. The summed E-state index contributed by atoms with van der Waals surface area (Å²) in [7, 11) is -3.23. The van der Waals surface area contributed by atoms with Gasteiger partial charge in [-0.05, 0) is 77.5 Å². The van der Waals surface area contributed by atoms with Gasteiger partial charge in [-0.1, -0.05) is 23.2 Å². The fraction of sp³-hybridized carbons (Fsp3) is 0.345. The van der Waals surface area contributed by atoms with Crippen molar-refractivity contribution >= 4 is 80.6 Å². The van der Waals surface area contributed by atoms with Crippen LogP contribution in [0.1, 0.15) is 24.0 Å². The van der Waals surface area contributed by atoms with Gasteiger partial charge in [0.2, 0.25) is 0 Å². The van der Waals surface area contributed by atoms with Crippen molar-refractivity contribution in [1.29, 1.82) is 0 Å². The number of non-ortho nitro benzene ring substituents is 1. The monoisotopic (exact) mass is 705 g/mol. The van der Waals surface area contributed by atoms with Crippen LogP contribution < -0.4 is 19.6 Å². The highest BCUT2D eigenvalue weighted by atomic mass is 79.9. The second-order valence-electron chi connectivity index (χ2n) is 10.8. The molecule has 0 radical (unpaired) electrons. The van der Waals surface area contributed by atoms with Crippen molar-refractivity contribution in [3.63, 3.8) is 0 Å². The molecule has 0 saturated carbocycles. The van der Waals surface area contributed by atoms with E-state index < -0.39 is 18.4 Å². The molecule has 0 bridgehead atoms. The summed E-state index contributed by atoms with van der Waals surface area (Å²) < 4.78 is 21.9. The van der Waals surface area contributed by atoms with Crippen LogP contribution in [0.2, 0.25) is 10.0 Å². The molecule has 0 spiro atoms. The molecule has 3 aromatic rings. The normalized spacial score (nSPS) is 21.6. The molecule has 4 aliphatic rings. The number of benzene rings is 3. The van der Waals surface area contributed by atoms with Gasteiger partial charge in [-0.25, -0.2) is 18.9 Å². The van der Waals surface area contributed by atoms with Gasteiger partial charge in [0.25, 0.3) is 5.69 Å². The largest absolute Gasteiger partial charge is 0.425 e. The number of hydrogen-bond donors (Lipinski definition) is 0. The lowest BCUT2D eigenvalue weighted by atomic mass is 9.91. The van der Waals surface area contributed by atoms with E-state index >= 15 is 0 Å². The molecule has 10 nitrogen and oxygen atoms in total. The number of morpholine rings is 1. The van der Waals surface area contributed by atoms with Crippen LogP contribution in [0.15, 0.2) is 51.7 Å².